The smallest absolute Gasteiger partial charge is 0.0565 e. The molecule has 80 valence electrons. The second-order valence-electron chi connectivity index (χ2n) is 6.68. The SMILES string of the molecule is CC(C)(C)C12P(Br)C3(C(C)(C)C)P1P23. The zero-order chi connectivity index (χ0) is 10.7. The van der Waals surface area contributed by atoms with Crippen molar-refractivity contribution >= 4 is 37.3 Å². The van der Waals surface area contributed by atoms with Gasteiger partial charge in [-0.15, -0.1) is 0 Å². The highest BCUT2D eigenvalue weighted by molar-refractivity contribution is 9.43. The molecule has 0 atom stereocenters. The van der Waals surface area contributed by atoms with Crippen molar-refractivity contribution in [2.45, 2.75) is 50.8 Å². The van der Waals surface area contributed by atoms with Crippen molar-refractivity contribution in [1.29, 1.82) is 0 Å². The lowest BCUT2D eigenvalue weighted by Gasteiger charge is -2.63. The van der Waals surface area contributed by atoms with Gasteiger partial charge in [-0.3, -0.25) is 0 Å². The molecule has 0 spiro atoms. The maximum atomic E-state index is 4.08. The maximum Gasteiger partial charge on any atom is 0.0565 e. The molecule has 14 heavy (non-hydrogen) atoms. The lowest BCUT2D eigenvalue weighted by Crippen LogP contribution is -2.50. The minimum absolute atomic E-state index is 0.181. The van der Waals surface area contributed by atoms with E-state index in [1.807, 2.05) is 0 Å². The average Bonchev–Trinajstić information content (AvgIpc) is 2.61. The highest BCUT2D eigenvalue weighted by Crippen LogP contribution is 3.51. The van der Waals surface area contributed by atoms with E-state index in [0.29, 0.717) is 26.1 Å². The van der Waals surface area contributed by atoms with Crippen LogP contribution in [0.3, 0.4) is 0 Å². The van der Waals surface area contributed by atoms with Crippen LogP contribution in [0.5, 0.6) is 0 Å². The van der Waals surface area contributed by atoms with Crippen molar-refractivity contribution < 1.29 is 0 Å². The zero-order valence-electron chi connectivity index (χ0n) is 9.72. The van der Waals surface area contributed by atoms with Gasteiger partial charge in [0.1, 0.15) is 0 Å². The molecule has 0 amide bonds. The quantitative estimate of drug-likeness (QED) is 0.474. The first-order valence-electron chi connectivity index (χ1n) is 5.21. The number of halogens is 1. The van der Waals surface area contributed by atoms with Gasteiger partial charge in [0, 0.05) is 0 Å². The molecule has 0 saturated carbocycles. The summed E-state index contributed by atoms with van der Waals surface area (Å²) in [6, 6.07) is 0. The first kappa shape index (κ1) is 10.9. The fourth-order valence-corrected chi connectivity index (χ4v) is 43.1. The van der Waals surface area contributed by atoms with Crippen LogP contribution in [0.1, 0.15) is 41.5 Å². The van der Waals surface area contributed by atoms with Gasteiger partial charge in [0.25, 0.3) is 0 Å². The van der Waals surface area contributed by atoms with Gasteiger partial charge in [0.2, 0.25) is 0 Å². The van der Waals surface area contributed by atoms with Crippen molar-refractivity contribution in [1.82, 2.24) is 0 Å². The van der Waals surface area contributed by atoms with E-state index in [-0.39, 0.29) is 6.62 Å². The van der Waals surface area contributed by atoms with Crippen LogP contribution in [-0.2, 0) is 0 Å². The first-order chi connectivity index (χ1) is 6.14. The molecule has 4 aliphatic rings. The Labute approximate surface area is 98.9 Å². The van der Waals surface area contributed by atoms with Crippen LogP contribution >= 0.6 is 37.3 Å². The molecule has 0 N–H and O–H groups in total. The number of hydrogen-bond donors (Lipinski definition) is 0. The lowest BCUT2D eigenvalue weighted by atomic mass is 9.97. The van der Waals surface area contributed by atoms with Crippen molar-refractivity contribution in [2.24, 2.45) is 10.8 Å². The summed E-state index contributed by atoms with van der Waals surface area (Å²) in [6.07, 6.45) is 0. The average molecular weight is 311 g/mol. The van der Waals surface area contributed by atoms with Gasteiger partial charge < -0.3 is 0 Å². The van der Waals surface area contributed by atoms with Gasteiger partial charge in [0.15, 0.2) is 0 Å². The molecule has 4 aliphatic heterocycles. The van der Waals surface area contributed by atoms with E-state index in [2.05, 4.69) is 57.0 Å². The summed E-state index contributed by atoms with van der Waals surface area (Å²) in [5.74, 6) is 0. The second-order valence-corrected chi connectivity index (χ2v) is 19.2. The Bertz CT molecular complexity index is 285. The fraction of sp³-hybridized carbons (Fsp3) is 1.00. The Kier molecular flexibility index (Phi) is 1.80. The first-order valence-corrected chi connectivity index (χ1v) is 12.0. The van der Waals surface area contributed by atoms with Gasteiger partial charge in [-0.1, -0.05) is 57.0 Å². The Morgan fingerprint density at radius 3 is 1.21 bits per heavy atom. The molecule has 0 aromatic carbocycles. The van der Waals surface area contributed by atoms with E-state index in [0.717, 1.165) is 9.28 Å². The predicted molar refractivity (Wildman–Crippen MR) is 74.1 cm³/mol. The molecule has 0 nitrogen and oxygen atoms in total. The summed E-state index contributed by atoms with van der Waals surface area (Å²) < 4.78 is 1.75. The van der Waals surface area contributed by atoms with Crippen molar-refractivity contribution in [2.75, 3.05) is 0 Å². The van der Waals surface area contributed by atoms with Crippen LogP contribution in [0.2, 0.25) is 0 Å². The third kappa shape index (κ3) is 0.722. The summed E-state index contributed by atoms with van der Waals surface area (Å²) in [6.45, 7) is 15.0. The van der Waals surface area contributed by atoms with Crippen LogP contribution in [0.15, 0.2) is 0 Å². The zero-order valence-corrected chi connectivity index (χ0v) is 14.0. The molecule has 0 unspecified atom stereocenters. The molecule has 4 heteroatoms. The Balaban J connectivity index is 1.91. The Hall–Kier alpha value is 1.77. The van der Waals surface area contributed by atoms with Crippen LogP contribution in [0.4, 0.5) is 0 Å². The van der Waals surface area contributed by atoms with Gasteiger partial charge >= 0.3 is 0 Å². The molecular formula is C10H18BrP3. The summed E-state index contributed by atoms with van der Waals surface area (Å²) in [4.78, 5) is 0. The van der Waals surface area contributed by atoms with Gasteiger partial charge in [-0.2, -0.15) is 0 Å². The van der Waals surface area contributed by atoms with Crippen LogP contribution in [0, 0.1) is 10.8 Å². The largest absolute Gasteiger partial charge is 0.0586 e. The summed E-state index contributed by atoms with van der Waals surface area (Å²) in [5.41, 5.74) is 1.18. The standard InChI is InChI=1S/C10H18BrP3/c1-7(2,3)9-12(11)10(8(4,5)6)13(9)14(9)10/h1-6H3. The van der Waals surface area contributed by atoms with Gasteiger partial charge in [-0.05, 0) is 32.7 Å². The van der Waals surface area contributed by atoms with Gasteiger partial charge in [0.05, 0.1) is 9.28 Å². The topological polar surface area (TPSA) is 0 Å². The Morgan fingerprint density at radius 2 is 1.07 bits per heavy atom. The molecular weight excluding hydrogens is 293 g/mol. The lowest BCUT2D eigenvalue weighted by molar-refractivity contribution is 0.371. The van der Waals surface area contributed by atoms with E-state index >= 15 is 0 Å². The van der Waals surface area contributed by atoms with Crippen molar-refractivity contribution in [3.8, 4) is 0 Å². The van der Waals surface area contributed by atoms with Crippen molar-refractivity contribution in [3.63, 3.8) is 0 Å². The molecule has 0 aliphatic carbocycles. The van der Waals surface area contributed by atoms with E-state index < -0.39 is 0 Å². The highest BCUT2D eigenvalue weighted by atomic mass is 79.9. The van der Waals surface area contributed by atoms with Crippen LogP contribution in [0.25, 0.3) is 0 Å². The molecule has 0 aromatic rings. The highest BCUT2D eigenvalue weighted by Gasteiger charge is 3.11. The molecule has 4 heterocycles. The van der Waals surface area contributed by atoms with E-state index in [4.69, 9.17) is 0 Å². The minimum Gasteiger partial charge on any atom is -0.0586 e. The molecule has 4 rings (SSSR count). The summed E-state index contributed by atoms with van der Waals surface area (Å²) in [5, 5.41) is 0. The predicted octanol–water partition coefficient (Wildman–Crippen LogP) is 6.10. The van der Waals surface area contributed by atoms with Crippen molar-refractivity contribution in [3.05, 3.63) is 0 Å². The second kappa shape index (κ2) is 2.32. The third-order valence-corrected chi connectivity index (χ3v) is 30.2. The molecule has 2 bridgehead atoms. The normalized spacial score (nSPS) is 58.9. The molecule has 4 saturated heterocycles. The minimum atomic E-state index is 0.181. The number of hydrogen-bond acceptors (Lipinski definition) is 0. The van der Waals surface area contributed by atoms with Crippen LogP contribution in [-0.4, -0.2) is 9.28 Å². The van der Waals surface area contributed by atoms with E-state index in [1.54, 1.807) is 0 Å². The summed E-state index contributed by atoms with van der Waals surface area (Å²) in [7, 11) is 0.990. The fourth-order valence-electron chi connectivity index (χ4n) is 3.13. The molecule has 0 radical (unpaired) electrons. The Morgan fingerprint density at radius 1 is 0.786 bits per heavy atom. The van der Waals surface area contributed by atoms with E-state index in [1.165, 1.54) is 0 Å². The third-order valence-electron chi connectivity index (χ3n) is 3.86. The van der Waals surface area contributed by atoms with Gasteiger partial charge in [-0.25, -0.2) is 0 Å². The number of rotatable bonds is 0. The van der Waals surface area contributed by atoms with E-state index in [9.17, 15) is 0 Å². The van der Waals surface area contributed by atoms with Crippen LogP contribution < -0.4 is 0 Å². The maximum absolute atomic E-state index is 4.08. The molecule has 4 fully saturated rings. The monoisotopic (exact) mass is 310 g/mol. The summed E-state index contributed by atoms with van der Waals surface area (Å²) >= 11 is 4.08. The molecule has 0 aromatic heterocycles.